The Labute approximate surface area is 126 Å². The second-order valence-electron chi connectivity index (χ2n) is 5.35. The highest BCUT2D eigenvalue weighted by Crippen LogP contribution is 2.31. The summed E-state index contributed by atoms with van der Waals surface area (Å²) in [7, 11) is 0. The number of fused-ring (bicyclic) bond motifs is 2. The third-order valence-corrected chi connectivity index (χ3v) is 4.00. The minimum Gasteiger partial charge on any atom is -0.504 e. The van der Waals surface area contributed by atoms with Crippen molar-refractivity contribution in [3.05, 3.63) is 41.3 Å². The van der Waals surface area contributed by atoms with Crippen LogP contribution in [0, 0.1) is 0 Å². The molecule has 7 heteroatoms. The highest BCUT2D eigenvalue weighted by atomic mass is 16.3. The molecule has 7 nitrogen and oxygen atoms in total. The first kappa shape index (κ1) is 12.9. The van der Waals surface area contributed by atoms with Crippen LogP contribution in [0.25, 0.3) is 5.78 Å². The summed E-state index contributed by atoms with van der Waals surface area (Å²) in [4.78, 5) is 8.68. The van der Waals surface area contributed by atoms with Crippen LogP contribution in [-0.4, -0.2) is 29.8 Å². The Hall–Kier alpha value is -2.83. The SMILES string of the molecule is Oc1cccc(CNc2c3c(nc4ncnn24)CCC3)c1O. The van der Waals surface area contributed by atoms with Gasteiger partial charge >= 0.3 is 0 Å². The van der Waals surface area contributed by atoms with Crippen LogP contribution in [0.3, 0.4) is 0 Å². The van der Waals surface area contributed by atoms with Gasteiger partial charge in [0.2, 0.25) is 0 Å². The molecule has 0 spiro atoms. The molecule has 1 aliphatic rings. The van der Waals surface area contributed by atoms with Crippen LogP contribution in [0.1, 0.15) is 23.2 Å². The molecule has 0 unspecified atom stereocenters. The van der Waals surface area contributed by atoms with Gasteiger partial charge in [-0.1, -0.05) is 12.1 Å². The van der Waals surface area contributed by atoms with E-state index in [1.54, 1.807) is 16.6 Å². The van der Waals surface area contributed by atoms with E-state index in [9.17, 15) is 10.2 Å². The van der Waals surface area contributed by atoms with E-state index in [1.165, 1.54) is 12.4 Å². The van der Waals surface area contributed by atoms with Gasteiger partial charge in [0.1, 0.15) is 12.1 Å². The van der Waals surface area contributed by atoms with Crippen molar-refractivity contribution in [2.24, 2.45) is 0 Å². The lowest BCUT2D eigenvalue weighted by Crippen LogP contribution is -2.10. The number of phenols is 2. The van der Waals surface area contributed by atoms with Gasteiger partial charge in [-0.25, -0.2) is 4.98 Å². The van der Waals surface area contributed by atoms with Crippen LogP contribution < -0.4 is 5.32 Å². The van der Waals surface area contributed by atoms with Crippen LogP contribution >= 0.6 is 0 Å². The van der Waals surface area contributed by atoms with Crippen molar-refractivity contribution < 1.29 is 10.2 Å². The second kappa shape index (κ2) is 4.87. The minimum absolute atomic E-state index is 0.101. The number of aromatic nitrogens is 4. The summed E-state index contributed by atoms with van der Waals surface area (Å²) in [6.07, 6.45) is 4.45. The van der Waals surface area contributed by atoms with Crippen LogP contribution in [0.2, 0.25) is 0 Å². The largest absolute Gasteiger partial charge is 0.504 e. The number of rotatable bonds is 3. The number of aryl methyl sites for hydroxylation is 1. The lowest BCUT2D eigenvalue weighted by molar-refractivity contribution is 0.400. The van der Waals surface area contributed by atoms with Crippen molar-refractivity contribution >= 4 is 11.6 Å². The van der Waals surface area contributed by atoms with Gasteiger partial charge in [0.05, 0.1) is 5.69 Å². The quantitative estimate of drug-likeness (QED) is 0.636. The summed E-state index contributed by atoms with van der Waals surface area (Å²) in [6.45, 7) is 0.381. The van der Waals surface area contributed by atoms with Gasteiger partial charge in [-0.05, 0) is 25.3 Å². The molecule has 0 fully saturated rings. The van der Waals surface area contributed by atoms with Crippen molar-refractivity contribution in [2.45, 2.75) is 25.8 Å². The summed E-state index contributed by atoms with van der Waals surface area (Å²) in [5.74, 6) is 1.21. The minimum atomic E-state index is -0.120. The van der Waals surface area contributed by atoms with Crippen molar-refractivity contribution in [1.82, 2.24) is 19.6 Å². The number of benzene rings is 1. The van der Waals surface area contributed by atoms with E-state index in [1.807, 2.05) is 0 Å². The molecular weight excluding hydrogens is 282 g/mol. The van der Waals surface area contributed by atoms with Gasteiger partial charge in [0, 0.05) is 17.7 Å². The number of phenolic OH excluding ortho intramolecular Hbond substituents is 2. The first-order valence-electron chi connectivity index (χ1n) is 7.19. The average Bonchev–Trinajstić information content (AvgIpc) is 3.15. The zero-order valence-electron chi connectivity index (χ0n) is 11.8. The third-order valence-electron chi connectivity index (χ3n) is 4.00. The maximum atomic E-state index is 9.91. The maximum absolute atomic E-state index is 9.91. The van der Waals surface area contributed by atoms with Crippen LogP contribution in [0.4, 0.5) is 5.82 Å². The van der Waals surface area contributed by atoms with Crippen LogP contribution in [-0.2, 0) is 19.4 Å². The van der Waals surface area contributed by atoms with E-state index < -0.39 is 0 Å². The van der Waals surface area contributed by atoms with Gasteiger partial charge in [-0.2, -0.15) is 14.6 Å². The van der Waals surface area contributed by atoms with Gasteiger partial charge in [-0.3, -0.25) is 0 Å². The molecule has 3 aromatic rings. The highest BCUT2D eigenvalue weighted by Gasteiger charge is 2.21. The van der Waals surface area contributed by atoms with E-state index in [4.69, 9.17) is 0 Å². The molecule has 112 valence electrons. The standard InChI is InChI=1S/C15H15N5O2/c21-12-6-1-3-9(13(12)22)7-16-14-10-4-2-5-11(10)19-15-17-8-18-20(14)15/h1,3,6,8,16,21-22H,2,4-5,7H2. The van der Waals surface area contributed by atoms with Gasteiger partial charge in [0.15, 0.2) is 11.5 Å². The van der Waals surface area contributed by atoms with Gasteiger partial charge < -0.3 is 15.5 Å². The Morgan fingerprint density at radius 2 is 2.14 bits per heavy atom. The normalized spacial score (nSPS) is 13.5. The number of aromatic hydroxyl groups is 2. The first-order valence-corrected chi connectivity index (χ1v) is 7.19. The molecule has 2 heterocycles. The highest BCUT2D eigenvalue weighted by molar-refractivity contribution is 5.55. The molecule has 2 aromatic heterocycles. The average molecular weight is 297 g/mol. The number of nitrogens with zero attached hydrogens (tertiary/aromatic N) is 4. The Morgan fingerprint density at radius 3 is 3.05 bits per heavy atom. The topological polar surface area (TPSA) is 95.6 Å². The molecule has 22 heavy (non-hydrogen) atoms. The third kappa shape index (κ3) is 1.93. The number of nitrogens with one attached hydrogen (secondary N) is 1. The number of hydrogen-bond donors (Lipinski definition) is 3. The molecule has 0 bridgehead atoms. The fourth-order valence-corrected chi connectivity index (χ4v) is 2.91. The molecule has 3 N–H and O–H groups in total. The summed E-state index contributed by atoms with van der Waals surface area (Å²) >= 11 is 0. The number of para-hydroxylation sites is 1. The molecular formula is C15H15N5O2. The van der Waals surface area contributed by atoms with E-state index in [0.29, 0.717) is 17.9 Å². The van der Waals surface area contributed by atoms with E-state index in [2.05, 4.69) is 20.4 Å². The van der Waals surface area contributed by atoms with Crippen molar-refractivity contribution in [3.63, 3.8) is 0 Å². The summed E-state index contributed by atoms with van der Waals surface area (Å²) in [5.41, 5.74) is 2.83. The van der Waals surface area contributed by atoms with Gasteiger partial charge in [0.25, 0.3) is 5.78 Å². The molecule has 0 saturated heterocycles. The zero-order chi connectivity index (χ0) is 15.1. The molecule has 0 radical (unpaired) electrons. The zero-order valence-corrected chi connectivity index (χ0v) is 11.8. The van der Waals surface area contributed by atoms with E-state index >= 15 is 0 Å². The fourth-order valence-electron chi connectivity index (χ4n) is 2.91. The molecule has 0 atom stereocenters. The lowest BCUT2D eigenvalue weighted by atomic mass is 10.1. The summed E-state index contributed by atoms with van der Waals surface area (Å²) < 4.78 is 1.68. The van der Waals surface area contributed by atoms with E-state index in [-0.39, 0.29) is 11.5 Å². The number of hydrogen-bond acceptors (Lipinski definition) is 6. The number of anilines is 1. The monoisotopic (exact) mass is 297 g/mol. The van der Waals surface area contributed by atoms with E-state index in [0.717, 1.165) is 36.3 Å². The maximum Gasteiger partial charge on any atom is 0.254 e. The smallest absolute Gasteiger partial charge is 0.254 e. The Morgan fingerprint density at radius 1 is 1.23 bits per heavy atom. The van der Waals surface area contributed by atoms with Gasteiger partial charge in [-0.15, -0.1) is 0 Å². The predicted molar refractivity (Wildman–Crippen MR) is 79.9 cm³/mol. The predicted octanol–water partition coefficient (Wildman–Crippen LogP) is 1.64. The Kier molecular flexibility index (Phi) is 2.85. The molecule has 1 aromatic carbocycles. The molecule has 4 rings (SSSR count). The van der Waals surface area contributed by atoms with Crippen molar-refractivity contribution in [3.8, 4) is 11.5 Å². The molecule has 1 aliphatic carbocycles. The van der Waals surface area contributed by atoms with Crippen molar-refractivity contribution in [1.29, 1.82) is 0 Å². The molecule has 0 aliphatic heterocycles. The summed E-state index contributed by atoms with van der Waals surface area (Å²) in [5, 5.41) is 27.0. The van der Waals surface area contributed by atoms with Crippen molar-refractivity contribution in [2.75, 3.05) is 5.32 Å². The first-order chi connectivity index (χ1) is 10.7. The Bertz CT molecular complexity index is 859. The Balaban J connectivity index is 1.72. The molecule has 0 amide bonds. The molecule has 0 saturated carbocycles. The second-order valence-corrected chi connectivity index (χ2v) is 5.35. The van der Waals surface area contributed by atoms with Crippen LogP contribution in [0.15, 0.2) is 24.5 Å². The summed E-state index contributed by atoms with van der Waals surface area (Å²) in [6, 6.07) is 4.93. The van der Waals surface area contributed by atoms with Crippen LogP contribution in [0.5, 0.6) is 11.5 Å². The fraction of sp³-hybridized carbons (Fsp3) is 0.267. The lowest BCUT2D eigenvalue weighted by Gasteiger charge is -2.13.